The molecule has 0 aliphatic carbocycles. The molecule has 0 aliphatic heterocycles. The summed E-state index contributed by atoms with van der Waals surface area (Å²) in [6, 6.07) is -0.171. The Kier molecular flexibility index (Phi) is 3.12. The van der Waals surface area contributed by atoms with Crippen molar-refractivity contribution in [2.45, 2.75) is 13.0 Å². The maximum Gasteiger partial charge on any atom is 0.150 e. The molecular weight excluding hydrogens is 102 g/mol. The van der Waals surface area contributed by atoms with Crippen LogP contribution in [0.4, 0.5) is 0 Å². The molecule has 1 unspecified atom stereocenters. The van der Waals surface area contributed by atoms with E-state index in [1.807, 2.05) is 0 Å². The van der Waals surface area contributed by atoms with Crippen LogP contribution < -0.4 is 5.32 Å². The molecule has 0 rings (SSSR count). The van der Waals surface area contributed by atoms with E-state index in [1.54, 1.807) is 13.1 Å². The van der Waals surface area contributed by atoms with Crippen LogP contribution in [0.3, 0.4) is 0 Å². The summed E-state index contributed by atoms with van der Waals surface area (Å²) in [6.07, 6.45) is 1.59. The quantitative estimate of drug-likeness (QED) is 0.545. The number of Topliss-reactive ketones (excluding diaryl/α,β-unsaturated/α-hetero) is 1. The minimum Gasteiger partial charge on any atom is -0.307 e. The van der Waals surface area contributed by atoms with E-state index in [1.165, 1.54) is 6.92 Å². The predicted octanol–water partition coefficient (Wildman–Crippen LogP) is 0.595. The Labute approximate surface area is 51.1 Å². The number of rotatable bonds is 3. The van der Waals surface area contributed by atoms with Gasteiger partial charge in [-0.1, -0.05) is 6.08 Å². The zero-order valence-corrected chi connectivity index (χ0v) is 5.27. The van der Waals surface area contributed by atoms with Gasteiger partial charge in [0.1, 0.15) is 0 Å². The van der Waals surface area contributed by atoms with Crippen LogP contribution in [0.15, 0.2) is 12.7 Å². The summed E-state index contributed by atoms with van der Waals surface area (Å²) in [6.45, 7) is 5.00. The summed E-state index contributed by atoms with van der Waals surface area (Å²) in [5, 5.41) is 2.78. The van der Waals surface area contributed by atoms with Crippen molar-refractivity contribution in [2.75, 3.05) is 7.05 Å². The Morgan fingerprint density at radius 3 is 2.50 bits per heavy atom. The van der Waals surface area contributed by atoms with Gasteiger partial charge in [0.05, 0.1) is 6.04 Å². The fourth-order valence-electron chi connectivity index (χ4n) is 0.487. The fourth-order valence-corrected chi connectivity index (χ4v) is 0.487. The molecule has 0 amide bonds. The van der Waals surface area contributed by atoms with Gasteiger partial charge in [-0.15, -0.1) is 6.58 Å². The average Bonchev–Trinajstić information content (AvgIpc) is 1.69. The highest BCUT2D eigenvalue weighted by Crippen LogP contribution is 1.82. The molecule has 0 saturated heterocycles. The number of ketones is 1. The van der Waals surface area contributed by atoms with E-state index in [4.69, 9.17) is 0 Å². The van der Waals surface area contributed by atoms with Gasteiger partial charge in [0.25, 0.3) is 0 Å². The molecule has 2 nitrogen and oxygen atoms in total. The SMILES string of the molecule is C=CC(NC)C(C)=O.[HH]. The molecule has 0 radical (unpaired) electrons. The number of carbonyl (C=O) groups is 1. The largest absolute Gasteiger partial charge is 0.307 e. The Hall–Kier alpha value is -0.630. The number of hydrogen-bond acceptors (Lipinski definition) is 2. The topological polar surface area (TPSA) is 29.1 Å². The normalized spacial score (nSPS) is 12.8. The third kappa shape index (κ3) is 1.89. The number of carbonyl (C=O) groups excluding carboxylic acids is 1. The first-order valence-corrected chi connectivity index (χ1v) is 2.52. The van der Waals surface area contributed by atoms with Crippen molar-refractivity contribution >= 4 is 5.78 Å². The van der Waals surface area contributed by atoms with Crippen molar-refractivity contribution in [1.29, 1.82) is 0 Å². The molecule has 0 aliphatic rings. The van der Waals surface area contributed by atoms with Gasteiger partial charge in [0.15, 0.2) is 5.78 Å². The zero-order chi connectivity index (χ0) is 6.57. The summed E-state index contributed by atoms with van der Waals surface area (Å²) < 4.78 is 0. The Morgan fingerprint density at radius 1 is 2.00 bits per heavy atom. The second kappa shape index (κ2) is 3.38. The lowest BCUT2D eigenvalue weighted by molar-refractivity contribution is -0.117. The zero-order valence-electron chi connectivity index (χ0n) is 5.27. The van der Waals surface area contributed by atoms with E-state index in [-0.39, 0.29) is 13.3 Å². The third-order valence-corrected chi connectivity index (χ3v) is 0.985. The molecule has 0 aromatic heterocycles. The molecule has 1 N–H and O–H groups in total. The van der Waals surface area contributed by atoms with E-state index < -0.39 is 0 Å². The monoisotopic (exact) mass is 115 g/mol. The molecule has 0 aromatic carbocycles. The molecule has 48 valence electrons. The highest BCUT2D eigenvalue weighted by molar-refractivity contribution is 5.83. The van der Waals surface area contributed by atoms with Crippen LogP contribution >= 0.6 is 0 Å². The van der Waals surface area contributed by atoms with Crippen LogP contribution in [0.25, 0.3) is 0 Å². The van der Waals surface area contributed by atoms with Crippen LogP contribution in [0.5, 0.6) is 0 Å². The Bertz CT molecular complexity index is 103. The maximum absolute atomic E-state index is 10.5. The van der Waals surface area contributed by atoms with Crippen molar-refractivity contribution in [3.63, 3.8) is 0 Å². The molecule has 1 atom stereocenters. The van der Waals surface area contributed by atoms with Crippen molar-refractivity contribution in [2.24, 2.45) is 0 Å². The summed E-state index contributed by atoms with van der Waals surface area (Å²) in [5.74, 6) is 0.0995. The summed E-state index contributed by atoms with van der Waals surface area (Å²) in [4.78, 5) is 10.5. The third-order valence-electron chi connectivity index (χ3n) is 0.985. The second-order valence-electron chi connectivity index (χ2n) is 1.61. The molecule has 0 bridgehead atoms. The highest BCUT2D eigenvalue weighted by Gasteiger charge is 2.03. The van der Waals surface area contributed by atoms with Gasteiger partial charge in [-0.2, -0.15) is 0 Å². The molecule has 2 heteroatoms. The Morgan fingerprint density at radius 2 is 2.50 bits per heavy atom. The smallest absolute Gasteiger partial charge is 0.150 e. The Balaban J connectivity index is 0. The molecular formula is C6H13NO. The van der Waals surface area contributed by atoms with Crippen molar-refractivity contribution < 1.29 is 6.22 Å². The predicted molar refractivity (Wildman–Crippen MR) is 35.8 cm³/mol. The first-order valence-electron chi connectivity index (χ1n) is 2.52. The minimum atomic E-state index is -0.171. The van der Waals surface area contributed by atoms with Gasteiger partial charge >= 0.3 is 0 Å². The van der Waals surface area contributed by atoms with Gasteiger partial charge in [-0.05, 0) is 14.0 Å². The lowest BCUT2D eigenvalue weighted by Gasteiger charge is -2.03. The van der Waals surface area contributed by atoms with E-state index in [9.17, 15) is 4.79 Å². The van der Waals surface area contributed by atoms with E-state index in [2.05, 4.69) is 11.9 Å². The molecule has 8 heavy (non-hydrogen) atoms. The van der Waals surface area contributed by atoms with E-state index in [0.717, 1.165) is 0 Å². The number of likely N-dealkylation sites (N-methyl/N-ethyl adjacent to an activating group) is 1. The standard InChI is InChI=1S/C6H11NO.H2/c1-4-6(7-3)5(2)8;/h4,6-7H,1H2,2-3H3;1H. The van der Waals surface area contributed by atoms with Crippen molar-refractivity contribution in [3.05, 3.63) is 12.7 Å². The van der Waals surface area contributed by atoms with Crippen molar-refractivity contribution in [1.82, 2.24) is 5.32 Å². The molecule has 0 heterocycles. The van der Waals surface area contributed by atoms with Crippen molar-refractivity contribution in [3.8, 4) is 0 Å². The lowest BCUT2D eigenvalue weighted by Crippen LogP contribution is -2.29. The molecule has 0 fully saturated rings. The number of nitrogens with one attached hydrogen (secondary N) is 1. The van der Waals surface area contributed by atoms with Gasteiger partial charge in [-0.3, -0.25) is 4.79 Å². The summed E-state index contributed by atoms with van der Waals surface area (Å²) in [5.41, 5.74) is 0. The van der Waals surface area contributed by atoms with E-state index >= 15 is 0 Å². The fraction of sp³-hybridized carbons (Fsp3) is 0.500. The lowest BCUT2D eigenvalue weighted by atomic mass is 10.2. The maximum atomic E-state index is 10.5. The molecule has 0 saturated carbocycles. The van der Waals surface area contributed by atoms with Crippen LogP contribution in [0.1, 0.15) is 8.35 Å². The summed E-state index contributed by atoms with van der Waals surface area (Å²) >= 11 is 0. The average molecular weight is 115 g/mol. The number of hydrogen-bond donors (Lipinski definition) is 1. The van der Waals surface area contributed by atoms with Crippen LogP contribution in [0.2, 0.25) is 0 Å². The van der Waals surface area contributed by atoms with Gasteiger partial charge in [0, 0.05) is 1.43 Å². The first kappa shape index (κ1) is 7.37. The molecule has 0 aromatic rings. The van der Waals surface area contributed by atoms with Gasteiger partial charge < -0.3 is 5.32 Å². The van der Waals surface area contributed by atoms with Crippen LogP contribution in [-0.2, 0) is 4.79 Å². The highest BCUT2D eigenvalue weighted by atomic mass is 16.1. The van der Waals surface area contributed by atoms with Crippen LogP contribution in [-0.4, -0.2) is 18.9 Å². The van der Waals surface area contributed by atoms with E-state index in [0.29, 0.717) is 0 Å². The minimum absolute atomic E-state index is 0. The summed E-state index contributed by atoms with van der Waals surface area (Å²) in [7, 11) is 1.73. The second-order valence-corrected chi connectivity index (χ2v) is 1.61. The molecule has 0 spiro atoms. The first-order chi connectivity index (χ1) is 3.72. The van der Waals surface area contributed by atoms with Gasteiger partial charge in [0.2, 0.25) is 0 Å². The van der Waals surface area contributed by atoms with Gasteiger partial charge in [-0.25, -0.2) is 0 Å². The van der Waals surface area contributed by atoms with Crippen LogP contribution in [0, 0.1) is 0 Å².